The minimum absolute atomic E-state index is 1.05. The van der Waals surface area contributed by atoms with Crippen LogP contribution in [0.15, 0.2) is 24.4 Å². The molecule has 1 aromatic heterocycles. The largest absolute Gasteiger partial charge is 0.347 e. The molecule has 0 aliphatic rings. The van der Waals surface area contributed by atoms with Crippen LogP contribution in [0.2, 0.25) is 0 Å². The SMILES string of the molecule is CCSCc1cn(CC)c2cc(C)ccc12. The fourth-order valence-corrected chi connectivity index (χ4v) is 2.72. The Morgan fingerprint density at radius 1 is 1.25 bits per heavy atom. The number of hydrogen-bond donors (Lipinski definition) is 0. The van der Waals surface area contributed by atoms with E-state index in [0.717, 1.165) is 12.3 Å². The topological polar surface area (TPSA) is 4.93 Å². The van der Waals surface area contributed by atoms with Gasteiger partial charge in [0.05, 0.1) is 0 Å². The van der Waals surface area contributed by atoms with E-state index in [1.807, 2.05) is 11.8 Å². The molecule has 0 amide bonds. The molecule has 0 aliphatic carbocycles. The smallest absolute Gasteiger partial charge is 0.0486 e. The van der Waals surface area contributed by atoms with Crippen molar-refractivity contribution in [1.29, 1.82) is 0 Å². The molecule has 0 aliphatic heterocycles. The van der Waals surface area contributed by atoms with Gasteiger partial charge < -0.3 is 4.57 Å². The zero-order chi connectivity index (χ0) is 11.5. The molecule has 0 fully saturated rings. The van der Waals surface area contributed by atoms with Crippen LogP contribution in [0, 0.1) is 6.92 Å². The highest BCUT2D eigenvalue weighted by molar-refractivity contribution is 7.98. The molecule has 0 N–H and O–H groups in total. The number of aryl methyl sites for hydroxylation is 2. The molecule has 0 radical (unpaired) electrons. The highest BCUT2D eigenvalue weighted by atomic mass is 32.2. The highest BCUT2D eigenvalue weighted by Crippen LogP contribution is 2.25. The van der Waals surface area contributed by atoms with Crippen LogP contribution in [0.3, 0.4) is 0 Å². The van der Waals surface area contributed by atoms with Crippen molar-refractivity contribution in [2.24, 2.45) is 0 Å². The van der Waals surface area contributed by atoms with E-state index < -0.39 is 0 Å². The number of nitrogens with zero attached hydrogens (tertiary/aromatic N) is 1. The average Bonchev–Trinajstić information content (AvgIpc) is 2.63. The van der Waals surface area contributed by atoms with Crippen LogP contribution in [0.1, 0.15) is 25.0 Å². The molecule has 86 valence electrons. The lowest BCUT2D eigenvalue weighted by Crippen LogP contribution is -1.90. The standard InChI is InChI=1S/C14H19NS/c1-4-15-9-12(10-16-5-2)13-7-6-11(3)8-14(13)15/h6-9H,4-5,10H2,1-3H3. The fraction of sp³-hybridized carbons (Fsp3) is 0.429. The third kappa shape index (κ3) is 2.12. The second kappa shape index (κ2) is 4.96. The van der Waals surface area contributed by atoms with Gasteiger partial charge in [0, 0.05) is 29.4 Å². The minimum Gasteiger partial charge on any atom is -0.347 e. The van der Waals surface area contributed by atoms with Crippen molar-refractivity contribution in [2.75, 3.05) is 5.75 Å². The molecule has 0 saturated heterocycles. The molecule has 2 heteroatoms. The van der Waals surface area contributed by atoms with Gasteiger partial charge in [-0.1, -0.05) is 19.1 Å². The molecular formula is C14H19NS. The lowest BCUT2D eigenvalue weighted by Gasteiger charge is -2.00. The van der Waals surface area contributed by atoms with Crippen molar-refractivity contribution in [1.82, 2.24) is 4.57 Å². The highest BCUT2D eigenvalue weighted by Gasteiger charge is 2.07. The quantitative estimate of drug-likeness (QED) is 0.765. The summed E-state index contributed by atoms with van der Waals surface area (Å²) in [6.45, 7) is 7.63. The van der Waals surface area contributed by atoms with Crippen LogP contribution in [0.25, 0.3) is 10.9 Å². The van der Waals surface area contributed by atoms with Crippen molar-refractivity contribution in [3.05, 3.63) is 35.5 Å². The zero-order valence-corrected chi connectivity index (χ0v) is 11.1. The first-order valence-electron chi connectivity index (χ1n) is 5.92. The first kappa shape index (κ1) is 11.6. The first-order chi connectivity index (χ1) is 7.76. The molecule has 1 nitrogen and oxygen atoms in total. The van der Waals surface area contributed by atoms with Crippen LogP contribution in [-0.2, 0) is 12.3 Å². The summed E-state index contributed by atoms with van der Waals surface area (Å²) in [5, 5.41) is 1.42. The van der Waals surface area contributed by atoms with E-state index in [9.17, 15) is 0 Å². The number of rotatable bonds is 4. The van der Waals surface area contributed by atoms with Crippen LogP contribution in [-0.4, -0.2) is 10.3 Å². The molecule has 1 aromatic carbocycles. The molecular weight excluding hydrogens is 214 g/mol. The number of aromatic nitrogens is 1. The summed E-state index contributed by atoms with van der Waals surface area (Å²) >= 11 is 1.99. The third-order valence-electron chi connectivity index (χ3n) is 2.92. The van der Waals surface area contributed by atoms with E-state index in [-0.39, 0.29) is 0 Å². The number of benzene rings is 1. The molecule has 0 bridgehead atoms. The van der Waals surface area contributed by atoms with Gasteiger partial charge in [-0.15, -0.1) is 0 Å². The van der Waals surface area contributed by atoms with Crippen LogP contribution >= 0.6 is 11.8 Å². The zero-order valence-electron chi connectivity index (χ0n) is 10.3. The molecule has 0 atom stereocenters. The fourth-order valence-electron chi connectivity index (χ4n) is 2.07. The Balaban J connectivity index is 2.50. The monoisotopic (exact) mass is 233 g/mol. The predicted octanol–water partition coefficient (Wildman–Crippen LogP) is 4.22. The van der Waals surface area contributed by atoms with E-state index in [2.05, 4.69) is 49.7 Å². The maximum absolute atomic E-state index is 2.36. The summed E-state index contributed by atoms with van der Waals surface area (Å²) in [6, 6.07) is 6.77. The summed E-state index contributed by atoms with van der Waals surface area (Å²) in [6.07, 6.45) is 2.31. The molecule has 0 spiro atoms. The van der Waals surface area contributed by atoms with Gasteiger partial charge in [0.15, 0.2) is 0 Å². The van der Waals surface area contributed by atoms with Crippen LogP contribution in [0.5, 0.6) is 0 Å². The van der Waals surface area contributed by atoms with Crippen molar-refractivity contribution < 1.29 is 0 Å². The van der Waals surface area contributed by atoms with E-state index in [0.29, 0.717) is 0 Å². The molecule has 2 rings (SSSR count). The lowest BCUT2D eigenvalue weighted by atomic mass is 10.1. The van der Waals surface area contributed by atoms with Crippen molar-refractivity contribution in [3.63, 3.8) is 0 Å². The van der Waals surface area contributed by atoms with Gasteiger partial charge >= 0.3 is 0 Å². The van der Waals surface area contributed by atoms with Gasteiger partial charge in [0.25, 0.3) is 0 Å². The first-order valence-corrected chi connectivity index (χ1v) is 7.07. The van der Waals surface area contributed by atoms with Crippen molar-refractivity contribution >= 4 is 22.7 Å². The number of fused-ring (bicyclic) bond motifs is 1. The summed E-state index contributed by atoms with van der Waals surface area (Å²) in [5.74, 6) is 2.31. The Bertz CT molecular complexity index is 485. The van der Waals surface area contributed by atoms with Gasteiger partial charge in [-0.3, -0.25) is 0 Å². The minimum atomic E-state index is 1.05. The molecule has 1 heterocycles. The average molecular weight is 233 g/mol. The Morgan fingerprint density at radius 3 is 2.75 bits per heavy atom. The lowest BCUT2D eigenvalue weighted by molar-refractivity contribution is 0.794. The van der Waals surface area contributed by atoms with Crippen LogP contribution in [0.4, 0.5) is 0 Å². The second-order valence-corrected chi connectivity index (χ2v) is 5.37. The van der Waals surface area contributed by atoms with E-state index in [4.69, 9.17) is 0 Å². The number of thioether (sulfide) groups is 1. The summed E-state index contributed by atoms with van der Waals surface area (Å²) in [5.41, 5.74) is 4.20. The van der Waals surface area contributed by atoms with Crippen LogP contribution < -0.4 is 0 Å². The second-order valence-electron chi connectivity index (χ2n) is 4.10. The van der Waals surface area contributed by atoms with Gasteiger partial charge in [-0.05, 0) is 36.8 Å². The Kier molecular flexibility index (Phi) is 3.59. The summed E-state index contributed by atoms with van der Waals surface area (Å²) in [7, 11) is 0. The van der Waals surface area contributed by atoms with Gasteiger partial charge in [-0.2, -0.15) is 11.8 Å². The maximum Gasteiger partial charge on any atom is 0.0486 e. The summed E-state index contributed by atoms with van der Waals surface area (Å²) in [4.78, 5) is 0. The van der Waals surface area contributed by atoms with Gasteiger partial charge in [-0.25, -0.2) is 0 Å². The van der Waals surface area contributed by atoms with E-state index in [1.165, 1.54) is 27.8 Å². The van der Waals surface area contributed by atoms with E-state index in [1.54, 1.807) is 0 Å². The van der Waals surface area contributed by atoms with Crippen molar-refractivity contribution in [3.8, 4) is 0 Å². The van der Waals surface area contributed by atoms with Gasteiger partial charge in [0.2, 0.25) is 0 Å². The molecule has 16 heavy (non-hydrogen) atoms. The maximum atomic E-state index is 2.36. The molecule has 0 saturated carbocycles. The third-order valence-corrected chi connectivity index (χ3v) is 3.85. The Morgan fingerprint density at radius 2 is 2.06 bits per heavy atom. The normalized spacial score (nSPS) is 11.2. The summed E-state index contributed by atoms with van der Waals surface area (Å²) < 4.78 is 2.36. The van der Waals surface area contributed by atoms with Crippen molar-refractivity contribution in [2.45, 2.75) is 33.1 Å². The molecule has 0 unspecified atom stereocenters. The Hall–Kier alpha value is -0.890. The van der Waals surface area contributed by atoms with Gasteiger partial charge in [0.1, 0.15) is 0 Å². The van der Waals surface area contributed by atoms with E-state index >= 15 is 0 Å². The Labute approximate surface area is 102 Å². The molecule has 2 aromatic rings. The predicted molar refractivity (Wildman–Crippen MR) is 74.2 cm³/mol. The number of hydrogen-bond acceptors (Lipinski definition) is 1.